The lowest BCUT2D eigenvalue weighted by atomic mass is 9.95. The molecule has 23 heavy (non-hydrogen) atoms. The summed E-state index contributed by atoms with van der Waals surface area (Å²) >= 11 is 6.08. The standard InChI is InChI=1S/C17H18ClN5/c1-22-11-20-21-17(22)12-5-8-23(9-6-12)16-4-7-19-15-10-13(18)2-3-14(15)16/h2-4,7,10-12H,5-6,8-9H2,1H3. The van der Waals surface area contributed by atoms with Crippen LogP contribution in [0.15, 0.2) is 36.8 Å². The molecule has 1 saturated heterocycles. The summed E-state index contributed by atoms with van der Waals surface area (Å²) in [6, 6.07) is 8.02. The van der Waals surface area contributed by atoms with Gasteiger partial charge in [0.15, 0.2) is 0 Å². The van der Waals surface area contributed by atoms with Crippen LogP contribution in [0.2, 0.25) is 5.02 Å². The molecule has 2 aromatic heterocycles. The molecule has 5 nitrogen and oxygen atoms in total. The van der Waals surface area contributed by atoms with Gasteiger partial charge in [0.1, 0.15) is 12.2 Å². The number of pyridine rings is 1. The minimum absolute atomic E-state index is 0.487. The van der Waals surface area contributed by atoms with E-state index in [1.54, 1.807) is 6.33 Å². The Bertz CT molecular complexity index is 836. The van der Waals surface area contributed by atoms with Gasteiger partial charge in [0.25, 0.3) is 0 Å². The molecule has 6 heteroatoms. The molecule has 1 aromatic carbocycles. The van der Waals surface area contributed by atoms with E-state index in [-0.39, 0.29) is 0 Å². The lowest BCUT2D eigenvalue weighted by Gasteiger charge is -2.33. The monoisotopic (exact) mass is 327 g/mol. The van der Waals surface area contributed by atoms with Crippen molar-refractivity contribution in [2.45, 2.75) is 18.8 Å². The van der Waals surface area contributed by atoms with Gasteiger partial charge in [0.2, 0.25) is 0 Å². The van der Waals surface area contributed by atoms with E-state index in [4.69, 9.17) is 11.6 Å². The summed E-state index contributed by atoms with van der Waals surface area (Å²) in [4.78, 5) is 6.87. The minimum atomic E-state index is 0.487. The van der Waals surface area contributed by atoms with E-state index in [0.29, 0.717) is 5.92 Å². The number of aromatic nitrogens is 4. The first kappa shape index (κ1) is 14.5. The van der Waals surface area contributed by atoms with Crippen molar-refractivity contribution in [2.24, 2.45) is 7.05 Å². The molecule has 0 saturated carbocycles. The molecule has 0 radical (unpaired) electrons. The van der Waals surface area contributed by atoms with Crippen molar-refractivity contribution in [1.29, 1.82) is 0 Å². The van der Waals surface area contributed by atoms with E-state index in [0.717, 1.165) is 47.7 Å². The highest BCUT2D eigenvalue weighted by Gasteiger charge is 2.24. The maximum Gasteiger partial charge on any atom is 0.135 e. The van der Waals surface area contributed by atoms with Crippen molar-refractivity contribution in [1.82, 2.24) is 19.7 Å². The Morgan fingerprint density at radius 3 is 2.74 bits per heavy atom. The SMILES string of the molecule is Cn1cnnc1C1CCN(c2ccnc3cc(Cl)ccc23)CC1. The normalized spacial score (nSPS) is 16.2. The second-order valence-corrected chi connectivity index (χ2v) is 6.49. The number of fused-ring (bicyclic) bond motifs is 1. The average Bonchev–Trinajstić information content (AvgIpc) is 3.00. The van der Waals surface area contributed by atoms with Gasteiger partial charge < -0.3 is 9.47 Å². The fourth-order valence-corrected chi connectivity index (χ4v) is 3.59. The second-order valence-electron chi connectivity index (χ2n) is 6.05. The van der Waals surface area contributed by atoms with Crippen molar-refractivity contribution in [2.75, 3.05) is 18.0 Å². The topological polar surface area (TPSA) is 46.8 Å². The van der Waals surface area contributed by atoms with Crippen LogP contribution < -0.4 is 4.90 Å². The predicted molar refractivity (Wildman–Crippen MR) is 91.9 cm³/mol. The Morgan fingerprint density at radius 1 is 1.17 bits per heavy atom. The van der Waals surface area contributed by atoms with Crippen molar-refractivity contribution >= 4 is 28.2 Å². The van der Waals surface area contributed by atoms with Gasteiger partial charge in [-0.15, -0.1) is 10.2 Å². The van der Waals surface area contributed by atoms with Crippen LogP contribution in [0.25, 0.3) is 10.9 Å². The number of nitrogens with zero attached hydrogens (tertiary/aromatic N) is 5. The van der Waals surface area contributed by atoms with Crippen LogP contribution in [-0.2, 0) is 7.05 Å². The zero-order valence-corrected chi connectivity index (χ0v) is 13.7. The number of hydrogen-bond donors (Lipinski definition) is 0. The summed E-state index contributed by atoms with van der Waals surface area (Å²) in [7, 11) is 2.02. The first-order chi connectivity index (χ1) is 11.2. The number of rotatable bonds is 2. The highest BCUT2D eigenvalue weighted by Crippen LogP contribution is 2.33. The van der Waals surface area contributed by atoms with Crippen LogP contribution in [0.3, 0.4) is 0 Å². The highest BCUT2D eigenvalue weighted by molar-refractivity contribution is 6.31. The minimum Gasteiger partial charge on any atom is -0.371 e. The van der Waals surface area contributed by atoms with E-state index in [9.17, 15) is 0 Å². The second kappa shape index (κ2) is 5.81. The van der Waals surface area contributed by atoms with E-state index >= 15 is 0 Å². The quantitative estimate of drug-likeness (QED) is 0.723. The maximum absolute atomic E-state index is 6.08. The van der Waals surface area contributed by atoms with Crippen LogP contribution >= 0.6 is 11.6 Å². The number of piperidine rings is 1. The molecule has 1 aliphatic heterocycles. The molecule has 1 aliphatic rings. The highest BCUT2D eigenvalue weighted by atomic mass is 35.5. The van der Waals surface area contributed by atoms with Crippen LogP contribution in [0.5, 0.6) is 0 Å². The molecule has 0 aliphatic carbocycles. The molecule has 0 atom stereocenters. The number of halogens is 1. The molecule has 0 spiro atoms. The van der Waals surface area contributed by atoms with E-state index in [1.165, 1.54) is 5.69 Å². The molecular formula is C17H18ClN5. The molecular weight excluding hydrogens is 310 g/mol. The summed E-state index contributed by atoms with van der Waals surface area (Å²) in [5.41, 5.74) is 2.19. The number of benzene rings is 1. The van der Waals surface area contributed by atoms with Gasteiger partial charge >= 0.3 is 0 Å². The van der Waals surface area contributed by atoms with Crippen molar-refractivity contribution < 1.29 is 0 Å². The largest absolute Gasteiger partial charge is 0.371 e. The average molecular weight is 328 g/mol. The van der Waals surface area contributed by atoms with Crippen LogP contribution in [0.1, 0.15) is 24.6 Å². The van der Waals surface area contributed by atoms with Gasteiger partial charge in [-0.2, -0.15) is 0 Å². The lowest BCUT2D eigenvalue weighted by molar-refractivity contribution is 0.475. The number of aryl methyl sites for hydroxylation is 1. The molecule has 0 unspecified atom stereocenters. The predicted octanol–water partition coefficient (Wildman–Crippen LogP) is 3.40. The Labute approximate surface area is 139 Å². The summed E-state index contributed by atoms with van der Waals surface area (Å²) in [5, 5.41) is 10.2. The Hall–Kier alpha value is -2.14. The zero-order valence-electron chi connectivity index (χ0n) is 13.0. The van der Waals surface area contributed by atoms with Crippen LogP contribution in [0, 0.1) is 0 Å². The third kappa shape index (κ3) is 2.65. The smallest absolute Gasteiger partial charge is 0.135 e. The van der Waals surface area contributed by atoms with Crippen molar-refractivity contribution in [3.8, 4) is 0 Å². The third-order valence-corrected chi connectivity index (χ3v) is 4.86. The summed E-state index contributed by atoms with van der Waals surface area (Å²) < 4.78 is 2.03. The molecule has 0 bridgehead atoms. The summed E-state index contributed by atoms with van der Waals surface area (Å²) in [6.07, 6.45) is 5.82. The number of hydrogen-bond acceptors (Lipinski definition) is 4. The molecule has 3 heterocycles. The Balaban J connectivity index is 1.58. The summed E-state index contributed by atoms with van der Waals surface area (Å²) in [5.74, 6) is 1.58. The molecule has 3 aromatic rings. The van der Waals surface area contributed by atoms with Gasteiger partial charge in [-0.25, -0.2) is 0 Å². The van der Waals surface area contributed by atoms with Crippen LogP contribution in [-0.4, -0.2) is 32.8 Å². The Morgan fingerprint density at radius 2 is 2.00 bits per heavy atom. The Kier molecular flexibility index (Phi) is 3.65. The van der Waals surface area contributed by atoms with Crippen LogP contribution in [0.4, 0.5) is 5.69 Å². The molecule has 1 fully saturated rings. The fourth-order valence-electron chi connectivity index (χ4n) is 3.42. The maximum atomic E-state index is 6.08. The lowest BCUT2D eigenvalue weighted by Crippen LogP contribution is -2.33. The molecule has 0 N–H and O–H groups in total. The zero-order chi connectivity index (χ0) is 15.8. The molecule has 118 valence electrons. The van der Waals surface area contributed by atoms with E-state index < -0.39 is 0 Å². The van der Waals surface area contributed by atoms with E-state index in [1.807, 2.05) is 29.9 Å². The van der Waals surface area contributed by atoms with Gasteiger partial charge in [-0.3, -0.25) is 4.98 Å². The number of anilines is 1. The molecule has 4 rings (SSSR count). The van der Waals surface area contributed by atoms with Gasteiger partial charge in [-0.05, 0) is 37.1 Å². The third-order valence-electron chi connectivity index (χ3n) is 4.63. The van der Waals surface area contributed by atoms with E-state index in [2.05, 4.69) is 32.2 Å². The first-order valence-corrected chi connectivity index (χ1v) is 8.23. The van der Waals surface area contributed by atoms with Crippen molar-refractivity contribution in [3.63, 3.8) is 0 Å². The van der Waals surface area contributed by atoms with Gasteiger partial charge in [-0.1, -0.05) is 11.6 Å². The van der Waals surface area contributed by atoms with Gasteiger partial charge in [0, 0.05) is 48.3 Å². The fraction of sp³-hybridized carbons (Fsp3) is 0.353. The van der Waals surface area contributed by atoms with Gasteiger partial charge in [0.05, 0.1) is 5.52 Å². The van der Waals surface area contributed by atoms with Crippen molar-refractivity contribution in [3.05, 3.63) is 47.6 Å². The molecule has 0 amide bonds. The first-order valence-electron chi connectivity index (χ1n) is 7.85. The summed E-state index contributed by atoms with van der Waals surface area (Å²) in [6.45, 7) is 2.03.